The molecule has 4 aromatic rings. The predicted molar refractivity (Wildman–Crippen MR) is 127 cm³/mol. The van der Waals surface area contributed by atoms with Crippen molar-refractivity contribution in [2.24, 2.45) is 0 Å². The van der Waals surface area contributed by atoms with Crippen molar-refractivity contribution >= 4 is 29.3 Å². The number of rotatable bonds is 6. The number of aromatic nitrogens is 5. The molecule has 0 saturated carbocycles. The Labute approximate surface area is 191 Å². The standard InChI is InChI=1S/C23H25N7OS/c1-14(18-26-20(24)28-21(27-18)25-17-8-6-5-7-9-17)32-22-30-29-19(31-22)15-10-12-16(13-11-15)23(2,3)4/h5-14H,1-4H3,(H3,24,25,26,27,28)/t14-/m0/s1. The second kappa shape index (κ2) is 8.96. The van der Waals surface area contributed by atoms with Crippen molar-refractivity contribution in [1.29, 1.82) is 0 Å². The minimum atomic E-state index is -0.173. The molecule has 0 bridgehead atoms. The van der Waals surface area contributed by atoms with Crippen LogP contribution in [-0.2, 0) is 5.41 Å². The smallest absolute Gasteiger partial charge is 0.277 e. The van der Waals surface area contributed by atoms with Crippen LogP contribution in [-0.4, -0.2) is 25.1 Å². The predicted octanol–water partition coefficient (Wildman–Crippen LogP) is 5.40. The van der Waals surface area contributed by atoms with Crippen LogP contribution >= 0.6 is 11.8 Å². The Hall–Kier alpha value is -3.46. The molecule has 0 saturated heterocycles. The SMILES string of the molecule is C[C@H](Sc1nnc(-c2ccc(C(C)(C)C)cc2)o1)c1nc(N)nc(Nc2ccccc2)n1. The Bertz CT molecular complexity index is 1190. The quantitative estimate of drug-likeness (QED) is 0.375. The van der Waals surface area contributed by atoms with Crippen molar-refractivity contribution in [2.75, 3.05) is 11.1 Å². The number of anilines is 3. The van der Waals surface area contributed by atoms with Crippen LogP contribution in [0.25, 0.3) is 11.5 Å². The minimum absolute atomic E-state index is 0.0877. The monoisotopic (exact) mass is 447 g/mol. The van der Waals surface area contributed by atoms with Gasteiger partial charge in [0.25, 0.3) is 5.22 Å². The average Bonchev–Trinajstić information content (AvgIpc) is 3.22. The summed E-state index contributed by atoms with van der Waals surface area (Å²) in [4.78, 5) is 12.9. The third-order valence-electron chi connectivity index (χ3n) is 4.75. The van der Waals surface area contributed by atoms with Crippen LogP contribution in [0, 0.1) is 0 Å². The summed E-state index contributed by atoms with van der Waals surface area (Å²) in [6.07, 6.45) is 0. The third kappa shape index (κ3) is 5.23. The number of thioether (sulfide) groups is 1. The van der Waals surface area contributed by atoms with Crippen LogP contribution in [0.3, 0.4) is 0 Å². The van der Waals surface area contributed by atoms with Gasteiger partial charge < -0.3 is 15.5 Å². The van der Waals surface area contributed by atoms with Gasteiger partial charge in [0.2, 0.25) is 17.8 Å². The highest BCUT2D eigenvalue weighted by Crippen LogP contribution is 2.34. The molecule has 3 N–H and O–H groups in total. The molecule has 0 aliphatic rings. The summed E-state index contributed by atoms with van der Waals surface area (Å²) in [6.45, 7) is 8.49. The van der Waals surface area contributed by atoms with Gasteiger partial charge >= 0.3 is 0 Å². The highest BCUT2D eigenvalue weighted by molar-refractivity contribution is 7.99. The molecule has 0 aliphatic carbocycles. The summed E-state index contributed by atoms with van der Waals surface area (Å²) in [5.41, 5.74) is 8.98. The molecule has 0 amide bonds. The fourth-order valence-corrected chi connectivity index (χ4v) is 3.72. The minimum Gasteiger partial charge on any atom is -0.411 e. The molecule has 2 aromatic carbocycles. The van der Waals surface area contributed by atoms with Gasteiger partial charge in [0.05, 0.1) is 5.25 Å². The fourth-order valence-electron chi connectivity index (χ4n) is 2.99. The van der Waals surface area contributed by atoms with Crippen molar-refractivity contribution in [1.82, 2.24) is 25.1 Å². The van der Waals surface area contributed by atoms with Crippen LogP contribution in [0.4, 0.5) is 17.6 Å². The fraction of sp³-hybridized carbons (Fsp3) is 0.261. The number of nitrogen functional groups attached to an aromatic ring is 1. The molecule has 0 unspecified atom stereocenters. The van der Waals surface area contributed by atoms with E-state index >= 15 is 0 Å². The molecular formula is C23H25N7OS. The lowest BCUT2D eigenvalue weighted by Crippen LogP contribution is -2.10. The van der Waals surface area contributed by atoms with E-state index in [1.165, 1.54) is 17.3 Å². The van der Waals surface area contributed by atoms with Crippen molar-refractivity contribution in [2.45, 2.75) is 43.6 Å². The number of para-hydroxylation sites is 1. The van der Waals surface area contributed by atoms with E-state index in [2.05, 4.69) is 63.4 Å². The van der Waals surface area contributed by atoms with E-state index in [9.17, 15) is 0 Å². The second-order valence-electron chi connectivity index (χ2n) is 8.33. The molecule has 0 spiro atoms. The second-order valence-corrected chi connectivity index (χ2v) is 9.62. The van der Waals surface area contributed by atoms with Gasteiger partial charge in [-0.05, 0) is 42.2 Å². The summed E-state index contributed by atoms with van der Waals surface area (Å²) >= 11 is 1.37. The van der Waals surface area contributed by atoms with Crippen LogP contribution < -0.4 is 11.1 Å². The number of nitrogens with one attached hydrogen (secondary N) is 1. The number of hydrogen-bond donors (Lipinski definition) is 2. The zero-order valence-electron chi connectivity index (χ0n) is 18.4. The van der Waals surface area contributed by atoms with Gasteiger partial charge in [-0.15, -0.1) is 10.2 Å². The van der Waals surface area contributed by atoms with E-state index < -0.39 is 0 Å². The van der Waals surface area contributed by atoms with Gasteiger partial charge in [0, 0.05) is 11.3 Å². The Balaban J connectivity index is 1.48. The first-order valence-electron chi connectivity index (χ1n) is 10.2. The molecule has 2 heterocycles. The maximum Gasteiger partial charge on any atom is 0.277 e. The number of benzene rings is 2. The van der Waals surface area contributed by atoms with E-state index in [1.54, 1.807) is 0 Å². The average molecular weight is 448 g/mol. The Morgan fingerprint density at radius 1 is 0.938 bits per heavy atom. The lowest BCUT2D eigenvalue weighted by molar-refractivity contribution is 0.464. The van der Waals surface area contributed by atoms with E-state index in [-0.39, 0.29) is 16.6 Å². The molecule has 8 nitrogen and oxygen atoms in total. The molecule has 0 aliphatic heterocycles. The third-order valence-corrected chi connectivity index (χ3v) is 5.68. The maximum atomic E-state index is 5.90. The highest BCUT2D eigenvalue weighted by Gasteiger charge is 2.19. The molecule has 32 heavy (non-hydrogen) atoms. The number of nitrogens with two attached hydrogens (primary N) is 1. The van der Waals surface area contributed by atoms with Gasteiger partial charge in [-0.3, -0.25) is 0 Å². The summed E-state index contributed by atoms with van der Waals surface area (Å²) in [6, 6.07) is 17.8. The first-order valence-corrected chi connectivity index (χ1v) is 11.1. The number of nitrogens with zero attached hydrogens (tertiary/aromatic N) is 5. The van der Waals surface area contributed by atoms with Gasteiger partial charge in [-0.2, -0.15) is 15.0 Å². The van der Waals surface area contributed by atoms with E-state index in [4.69, 9.17) is 10.2 Å². The maximum absolute atomic E-state index is 5.90. The largest absolute Gasteiger partial charge is 0.411 e. The molecule has 0 radical (unpaired) electrons. The molecular weight excluding hydrogens is 422 g/mol. The Morgan fingerprint density at radius 3 is 2.34 bits per heavy atom. The lowest BCUT2D eigenvalue weighted by Gasteiger charge is -2.18. The van der Waals surface area contributed by atoms with Crippen molar-refractivity contribution in [3.63, 3.8) is 0 Å². The molecule has 4 rings (SSSR count). The summed E-state index contributed by atoms with van der Waals surface area (Å²) < 4.78 is 5.87. The topological polar surface area (TPSA) is 116 Å². The normalized spacial score (nSPS) is 12.5. The van der Waals surface area contributed by atoms with Crippen molar-refractivity contribution < 1.29 is 4.42 Å². The van der Waals surface area contributed by atoms with Crippen molar-refractivity contribution in [3.8, 4) is 11.5 Å². The summed E-state index contributed by atoms with van der Waals surface area (Å²) in [7, 11) is 0. The summed E-state index contributed by atoms with van der Waals surface area (Å²) in [5.74, 6) is 1.53. The highest BCUT2D eigenvalue weighted by atomic mass is 32.2. The van der Waals surface area contributed by atoms with Crippen LogP contribution in [0.5, 0.6) is 0 Å². The van der Waals surface area contributed by atoms with Gasteiger partial charge in [0.15, 0.2) is 0 Å². The lowest BCUT2D eigenvalue weighted by atomic mass is 9.87. The van der Waals surface area contributed by atoms with Crippen LogP contribution in [0.15, 0.2) is 64.2 Å². The van der Waals surface area contributed by atoms with Crippen molar-refractivity contribution in [3.05, 3.63) is 66.0 Å². The molecule has 1 atom stereocenters. The zero-order chi connectivity index (χ0) is 22.7. The first kappa shape index (κ1) is 21.8. The van der Waals surface area contributed by atoms with Crippen LogP contribution in [0.1, 0.15) is 44.3 Å². The Kier molecular flexibility index (Phi) is 6.09. The molecule has 9 heteroatoms. The van der Waals surface area contributed by atoms with Gasteiger partial charge in [-0.25, -0.2) is 0 Å². The first-order chi connectivity index (χ1) is 15.3. The molecule has 164 valence electrons. The molecule has 2 aromatic heterocycles. The van der Waals surface area contributed by atoms with E-state index in [0.717, 1.165) is 11.3 Å². The van der Waals surface area contributed by atoms with Gasteiger partial charge in [-0.1, -0.05) is 62.9 Å². The van der Waals surface area contributed by atoms with E-state index in [0.29, 0.717) is 22.9 Å². The van der Waals surface area contributed by atoms with Crippen LogP contribution in [0.2, 0.25) is 0 Å². The zero-order valence-corrected chi connectivity index (χ0v) is 19.2. The number of hydrogen-bond acceptors (Lipinski definition) is 9. The Morgan fingerprint density at radius 2 is 1.66 bits per heavy atom. The summed E-state index contributed by atoms with van der Waals surface area (Å²) in [5, 5.41) is 11.8. The molecule has 0 fully saturated rings. The van der Waals surface area contributed by atoms with E-state index in [1.807, 2.05) is 49.4 Å². The van der Waals surface area contributed by atoms with Gasteiger partial charge in [0.1, 0.15) is 5.82 Å².